The minimum absolute atomic E-state index is 0.182. The van der Waals surface area contributed by atoms with Gasteiger partial charge in [0, 0.05) is 5.75 Å². The number of thioether (sulfide) groups is 1. The molecule has 0 saturated carbocycles. The number of rotatable bonds is 5. The standard InChI is InChI=1S/C20H24N2O5S/c1-12-11-28-18-15(21-14(23)10-26-13-8-6-5-7-9-13)17(24)22(18)16(12)19(25)27-20(2,3)4/h5-9,15,18H,10-11H2,1-4H3,(H,21,23)/t15-,18-/m1/s1. The molecule has 1 N–H and O–H groups in total. The number of ether oxygens (including phenoxy) is 2. The Bertz CT molecular complexity index is 816. The summed E-state index contributed by atoms with van der Waals surface area (Å²) in [6.07, 6.45) is 0. The van der Waals surface area contributed by atoms with Crippen LogP contribution in [0.15, 0.2) is 41.6 Å². The Kier molecular flexibility index (Phi) is 5.69. The highest BCUT2D eigenvalue weighted by atomic mass is 32.2. The number of nitrogens with one attached hydrogen (secondary N) is 1. The van der Waals surface area contributed by atoms with Crippen LogP contribution in [-0.2, 0) is 19.1 Å². The van der Waals surface area contributed by atoms with Gasteiger partial charge in [-0.1, -0.05) is 18.2 Å². The number of carbonyl (C=O) groups is 3. The van der Waals surface area contributed by atoms with Crippen LogP contribution in [0.5, 0.6) is 5.75 Å². The van der Waals surface area contributed by atoms with Gasteiger partial charge in [-0.05, 0) is 45.4 Å². The Balaban J connectivity index is 1.61. The molecule has 2 aliphatic rings. The molecule has 1 fully saturated rings. The van der Waals surface area contributed by atoms with Crippen molar-refractivity contribution in [1.29, 1.82) is 0 Å². The molecule has 0 unspecified atom stereocenters. The van der Waals surface area contributed by atoms with E-state index in [0.717, 1.165) is 5.57 Å². The van der Waals surface area contributed by atoms with E-state index < -0.39 is 17.6 Å². The van der Waals surface area contributed by atoms with Crippen LogP contribution in [0.25, 0.3) is 0 Å². The lowest BCUT2D eigenvalue weighted by molar-refractivity contribution is -0.159. The number of esters is 1. The first-order chi connectivity index (χ1) is 13.2. The molecular formula is C20H24N2O5S. The predicted molar refractivity (Wildman–Crippen MR) is 106 cm³/mol. The summed E-state index contributed by atoms with van der Waals surface area (Å²) in [4.78, 5) is 38.8. The molecule has 0 spiro atoms. The second kappa shape index (κ2) is 7.87. The third-order valence-electron chi connectivity index (χ3n) is 4.18. The van der Waals surface area contributed by atoms with Crippen molar-refractivity contribution < 1.29 is 23.9 Å². The van der Waals surface area contributed by atoms with Crippen molar-refractivity contribution in [2.75, 3.05) is 12.4 Å². The van der Waals surface area contributed by atoms with Gasteiger partial charge in [0.25, 0.3) is 11.8 Å². The van der Waals surface area contributed by atoms with Gasteiger partial charge in [-0.25, -0.2) is 4.79 Å². The molecule has 2 heterocycles. The minimum atomic E-state index is -0.678. The molecule has 1 saturated heterocycles. The number of hydrogen-bond acceptors (Lipinski definition) is 6. The average molecular weight is 404 g/mol. The molecule has 150 valence electrons. The van der Waals surface area contributed by atoms with E-state index >= 15 is 0 Å². The van der Waals surface area contributed by atoms with E-state index in [2.05, 4.69) is 5.32 Å². The first-order valence-electron chi connectivity index (χ1n) is 9.02. The lowest BCUT2D eigenvalue weighted by Gasteiger charge is -2.49. The molecule has 1 aromatic carbocycles. The maximum absolute atomic E-state index is 12.6. The van der Waals surface area contributed by atoms with Gasteiger partial charge in [0.15, 0.2) is 6.61 Å². The zero-order valence-electron chi connectivity index (χ0n) is 16.4. The van der Waals surface area contributed by atoms with E-state index in [1.807, 2.05) is 25.1 Å². The smallest absolute Gasteiger partial charge is 0.355 e. The second-order valence-corrected chi connectivity index (χ2v) is 8.79. The van der Waals surface area contributed by atoms with Crippen LogP contribution < -0.4 is 10.1 Å². The van der Waals surface area contributed by atoms with Gasteiger partial charge in [0.05, 0.1) is 0 Å². The number of hydrogen-bond donors (Lipinski definition) is 1. The molecule has 2 amide bonds. The maximum atomic E-state index is 12.6. The van der Waals surface area contributed by atoms with E-state index in [1.165, 1.54) is 16.7 Å². The lowest BCUT2D eigenvalue weighted by Crippen LogP contribution is -2.71. The summed E-state index contributed by atoms with van der Waals surface area (Å²) in [5.41, 5.74) is 0.427. The molecule has 0 radical (unpaired) electrons. The zero-order chi connectivity index (χ0) is 20.5. The molecule has 28 heavy (non-hydrogen) atoms. The fourth-order valence-corrected chi connectivity index (χ4v) is 4.26. The van der Waals surface area contributed by atoms with Crippen molar-refractivity contribution in [3.05, 3.63) is 41.6 Å². The summed E-state index contributed by atoms with van der Waals surface area (Å²) in [6.45, 7) is 6.98. The molecular weight excluding hydrogens is 380 g/mol. The minimum Gasteiger partial charge on any atom is -0.484 e. The Hall–Kier alpha value is -2.48. The molecule has 2 atom stereocenters. The summed E-state index contributed by atoms with van der Waals surface area (Å²) < 4.78 is 10.9. The molecule has 1 aromatic rings. The summed E-state index contributed by atoms with van der Waals surface area (Å²) in [5, 5.41) is 2.39. The molecule has 0 aromatic heterocycles. The fraction of sp³-hybridized carbons (Fsp3) is 0.450. The quantitative estimate of drug-likeness (QED) is 0.598. The maximum Gasteiger partial charge on any atom is 0.355 e. The summed E-state index contributed by atoms with van der Waals surface area (Å²) >= 11 is 1.51. The Morgan fingerprint density at radius 1 is 1.25 bits per heavy atom. The number of para-hydroxylation sites is 1. The molecule has 8 heteroatoms. The topological polar surface area (TPSA) is 84.9 Å². The van der Waals surface area contributed by atoms with Crippen molar-refractivity contribution in [2.45, 2.75) is 44.7 Å². The molecule has 0 aliphatic carbocycles. The summed E-state index contributed by atoms with van der Waals surface area (Å²) in [5.74, 6) is -0.0357. The van der Waals surface area contributed by atoms with Crippen molar-refractivity contribution in [2.24, 2.45) is 0 Å². The van der Waals surface area contributed by atoms with E-state index in [9.17, 15) is 14.4 Å². The number of β-lactam (4-membered cyclic amide) rings is 1. The van der Waals surface area contributed by atoms with Gasteiger partial charge in [0.2, 0.25) is 0 Å². The SMILES string of the molecule is CC1=C(C(=O)OC(C)(C)C)N2C(=O)[C@@H](NC(=O)COc3ccccc3)[C@H]2SC1. The van der Waals surface area contributed by atoms with Gasteiger partial charge in [-0.15, -0.1) is 11.8 Å². The van der Waals surface area contributed by atoms with Crippen LogP contribution >= 0.6 is 11.8 Å². The summed E-state index contributed by atoms with van der Waals surface area (Å²) in [7, 11) is 0. The van der Waals surface area contributed by atoms with Gasteiger partial charge >= 0.3 is 5.97 Å². The number of fused-ring (bicyclic) bond motifs is 1. The number of nitrogens with zero attached hydrogens (tertiary/aromatic N) is 1. The highest BCUT2D eigenvalue weighted by Gasteiger charge is 2.54. The number of carbonyl (C=O) groups excluding carboxylic acids is 3. The highest BCUT2D eigenvalue weighted by Crippen LogP contribution is 2.40. The van der Waals surface area contributed by atoms with Crippen LogP contribution in [0, 0.1) is 0 Å². The van der Waals surface area contributed by atoms with Gasteiger partial charge in [-0.2, -0.15) is 0 Å². The van der Waals surface area contributed by atoms with Gasteiger partial charge < -0.3 is 14.8 Å². The van der Waals surface area contributed by atoms with E-state index in [-0.39, 0.29) is 29.5 Å². The van der Waals surface area contributed by atoms with Crippen molar-refractivity contribution in [1.82, 2.24) is 10.2 Å². The van der Waals surface area contributed by atoms with Crippen LogP contribution in [0.2, 0.25) is 0 Å². The van der Waals surface area contributed by atoms with E-state index in [1.54, 1.807) is 32.9 Å². The van der Waals surface area contributed by atoms with E-state index in [0.29, 0.717) is 11.5 Å². The highest BCUT2D eigenvalue weighted by molar-refractivity contribution is 8.00. The van der Waals surface area contributed by atoms with Gasteiger partial charge in [-0.3, -0.25) is 14.5 Å². The second-order valence-electron chi connectivity index (χ2n) is 7.69. The van der Waals surface area contributed by atoms with Crippen LogP contribution in [0.4, 0.5) is 0 Å². The van der Waals surface area contributed by atoms with E-state index in [4.69, 9.17) is 9.47 Å². The van der Waals surface area contributed by atoms with Gasteiger partial charge in [0.1, 0.15) is 28.5 Å². The third-order valence-corrected chi connectivity index (χ3v) is 5.60. The molecule has 2 aliphatic heterocycles. The zero-order valence-corrected chi connectivity index (χ0v) is 17.2. The van der Waals surface area contributed by atoms with Crippen LogP contribution in [0.3, 0.4) is 0 Å². The molecule has 0 bridgehead atoms. The Labute approximate surface area is 168 Å². The first-order valence-corrected chi connectivity index (χ1v) is 10.1. The van der Waals surface area contributed by atoms with Crippen molar-refractivity contribution >= 4 is 29.5 Å². The summed E-state index contributed by atoms with van der Waals surface area (Å²) in [6, 6.07) is 8.30. The number of benzene rings is 1. The van der Waals surface area contributed by atoms with Crippen LogP contribution in [-0.4, -0.2) is 52.1 Å². The normalized spacial score (nSPS) is 21.6. The first kappa shape index (κ1) is 20.3. The largest absolute Gasteiger partial charge is 0.484 e. The van der Waals surface area contributed by atoms with Crippen molar-refractivity contribution in [3.63, 3.8) is 0 Å². The average Bonchev–Trinajstić information content (AvgIpc) is 2.63. The lowest BCUT2D eigenvalue weighted by atomic mass is 10.0. The van der Waals surface area contributed by atoms with Crippen LogP contribution in [0.1, 0.15) is 27.7 Å². The predicted octanol–water partition coefficient (Wildman–Crippen LogP) is 2.08. The molecule has 7 nitrogen and oxygen atoms in total. The Morgan fingerprint density at radius 2 is 1.93 bits per heavy atom. The third kappa shape index (κ3) is 4.32. The van der Waals surface area contributed by atoms with Crippen molar-refractivity contribution in [3.8, 4) is 5.75 Å². The monoisotopic (exact) mass is 404 g/mol. The Morgan fingerprint density at radius 3 is 2.57 bits per heavy atom. The molecule has 3 rings (SSSR count). The fourth-order valence-electron chi connectivity index (χ4n) is 2.97. The number of amides is 2.